The minimum atomic E-state index is -0.277. The third kappa shape index (κ3) is 6.55. The number of hydrogen-bond acceptors (Lipinski definition) is 2. The van der Waals surface area contributed by atoms with Crippen LogP contribution in [0.25, 0.3) is 77.9 Å². The first-order chi connectivity index (χ1) is 34.0. The number of furan rings is 1. The van der Waals surface area contributed by atoms with Gasteiger partial charge in [0, 0.05) is 32.8 Å². The van der Waals surface area contributed by atoms with E-state index in [2.05, 4.69) is 261 Å². The molecule has 0 fully saturated rings. The smallest absolute Gasteiger partial charge is 0.135 e. The van der Waals surface area contributed by atoms with Crippen LogP contribution in [0, 0.1) is 5.92 Å². The molecule has 1 heterocycles. The Kier molecular flexibility index (Phi) is 9.69. The average molecular weight is 884 g/mol. The third-order valence-corrected chi connectivity index (χ3v) is 15.0. The third-order valence-electron chi connectivity index (χ3n) is 15.0. The van der Waals surface area contributed by atoms with Crippen LogP contribution < -0.4 is 15.5 Å². The summed E-state index contributed by atoms with van der Waals surface area (Å²) in [6, 6.07) is 87.0. The highest BCUT2D eigenvalue weighted by molar-refractivity contribution is 6.09. The lowest BCUT2D eigenvalue weighted by atomic mass is 9.74. The fourth-order valence-corrected chi connectivity index (χ4v) is 11.7. The molecule has 2 atom stereocenters. The maximum absolute atomic E-state index is 6.57. The van der Waals surface area contributed by atoms with Crippen molar-refractivity contribution in [3.05, 3.63) is 269 Å². The fraction of sp³-hybridized carbons (Fsp3) is 0.0746. The normalized spacial score (nSPS) is 15.9. The topological polar surface area (TPSA) is 16.4 Å². The Hall–Kier alpha value is -8.46. The summed E-state index contributed by atoms with van der Waals surface area (Å²) in [7, 11) is 0. The lowest BCUT2D eigenvalue weighted by Crippen LogP contribution is -2.30. The first-order valence-electron chi connectivity index (χ1n) is 24.2. The Morgan fingerprint density at radius 3 is 1.84 bits per heavy atom. The molecule has 13 rings (SSSR count). The number of benzene rings is 10. The van der Waals surface area contributed by atoms with Gasteiger partial charge in [-0.15, -0.1) is 0 Å². The zero-order valence-corrected chi connectivity index (χ0v) is 38.7. The van der Waals surface area contributed by atoms with Crippen LogP contribution in [-0.2, 0) is 5.41 Å². The van der Waals surface area contributed by atoms with Crippen LogP contribution in [0.3, 0.4) is 0 Å². The van der Waals surface area contributed by atoms with Crippen LogP contribution in [0.5, 0.6) is 0 Å². The highest BCUT2D eigenvalue weighted by atomic mass is 16.3. The molecule has 0 amide bonds. The van der Waals surface area contributed by atoms with Crippen molar-refractivity contribution in [3.8, 4) is 44.5 Å². The fourth-order valence-electron chi connectivity index (χ4n) is 11.7. The first kappa shape index (κ1) is 40.8. The van der Waals surface area contributed by atoms with Crippen molar-refractivity contribution in [1.29, 1.82) is 0 Å². The quantitative estimate of drug-likeness (QED) is 0.151. The number of fused-ring (bicyclic) bond motifs is 7. The predicted octanol–water partition coefficient (Wildman–Crippen LogP) is 16.4. The van der Waals surface area contributed by atoms with Crippen molar-refractivity contribution >= 4 is 50.5 Å². The maximum Gasteiger partial charge on any atom is 0.135 e. The van der Waals surface area contributed by atoms with E-state index in [1.54, 1.807) is 0 Å². The van der Waals surface area contributed by atoms with Gasteiger partial charge >= 0.3 is 0 Å². The van der Waals surface area contributed by atoms with E-state index in [0.717, 1.165) is 45.4 Å². The van der Waals surface area contributed by atoms with Gasteiger partial charge in [-0.2, -0.15) is 0 Å². The van der Waals surface area contributed by atoms with Gasteiger partial charge in [0.25, 0.3) is 0 Å². The van der Waals surface area contributed by atoms with Gasteiger partial charge in [-0.3, -0.25) is 0 Å². The lowest BCUT2D eigenvalue weighted by molar-refractivity contribution is 0.566. The Balaban J connectivity index is 1.02. The van der Waals surface area contributed by atoms with Crippen molar-refractivity contribution in [2.75, 3.05) is 4.90 Å². The van der Waals surface area contributed by atoms with Gasteiger partial charge in [0.15, 0.2) is 0 Å². The van der Waals surface area contributed by atoms with Crippen LogP contribution in [0.2, 0.25) is 0 Å². The monoisotopic (exact) mass is 883 g/mol. The molecule has 1 aromatic heterocycles. The molecule has 2 nitrogen and oxygen atoms in total. The van der Waals surface area contributed by atoms with Gasteiger partial charge in [0.2, 0.25) is 0 Å². The Bertz CT molecular complexity index is 3900. The van der Waals surface area contributed by atoms with E-state index in [1.165, 1.54) is 82.8 Å². The molecule has 328 valence electrons. The molecule has 0 saturated heterocycles. The Labute approximate surface area is 403 Å². The van der Waals surface area contributed by atoms with Gasteiger partial charge < -0.3 is 9.32 Å². The van der Waals surface area contributed by atoms with Gasteiger partial charge in [-0.1, -0.05) is 207 Å². The molecule has 0 radical (unpaired) electrons. The highest BCUT2D eigenvalue weighted by Gasteiger charge is 2.40. The van der Waals surface area contributed by atoms with E-state index in [1.807, 2.05) is 0 Å². The number of nitrogens with zero attached hydrogens (tertiary/aromatic N) is 1. The summed E-state index contributed by atoms with van der Waals surface area (Å²) in [5, 5.41) is 4.80. The van der Waals surface area contributed by atoms with Crippen LogP contribution in [-0.4, -0.2) is 0 Å². The standard InChI is InChI=1S/C67H49NO/c1-44-35-42-63-66(57-28-12-16-34-62(57)69-63)64(44)56-27-11-15-33-61(56)68(60-32-14-10-26-54(60)55-30-18-22-47-21-17-29-51(65(47)55)46-19-5-3-6-20-46)50-39-36-45(37-40-50)48-38-41-53-52-25-9-13-31-58(52)67(2,59(53)43-48)49-23-7-4-8-24-49/h3-34,36-44H,35H2,1-2H3. The maximum atomic E-state index is 6.57. The predicted molar refractivity (Wildman–Crippen MR) is 289 cm³/mol. The van der Waals surface area contributed by atoms with Crippen molar-refractivity contribution in [2.45, 2.75) is 25.7 Å². The molecule has 2 heteroatoms. The highest BCUT2D eigenvalue weighted by Crippen LogP contribution is 2.53. The summed E-state index contributed by atoms with van der Waals surface area (Å²) in [4.78, 5) is 2.50. The van der Waals surface area contributed by atoms with E-state index < -0.39 is 0 Å². The summed E-state index contributed by atoms with van der Waals surface area (Å²) < 4.78 is 6.57. The molecule has 2 unspecified atom stereocenters. The molecule has 69 heavy (non-hydrogen) atoms. The van der Waals surface area contributed by atoms with Crippen LogP contribution in [0.4, 0.5) is 17.1 Å². The second-order valence-electron chi connectivity index (χ2n) is 18.9. The Morgan fingerprint density at radius 2 is 1.06 bits per heavy atom. The zero-order chi connectivity index (χ0) is 46.1. The largest absolute Gasteiger partial charge is 0.456 e. The second kappa shape index (κ2) is 16.4. The van der Waals surface area contributed by atoms with E-state index in [9.17, 15) is 0 Å². The van der Waals surface area contributed by atoms with Crippen LogP contribution in [0.1, 0.15) is 42.5 Å². The van der Waals surface area contributed by atoms with E-state index in [-0.39, 0.29) is 11.3 Å². The van der Waals surface area contributed by atoms with Crippen molar-refractivity contribution in [1.82, 2.24) is 0 Å². The van der Waals surface area contributed by atoms with Gasteiger partial charge in [0.05, 0.1) is 11.4 Å². The van der Waals surface area contributed by atoms with E-state index >= 15 is 0 Å². The summed E-state index contributed by atoms with van der Waals surface area (Å²) in [6.45, 7) is 4.75. The van der Waals surface area contributed by atoms with E-state index in [0.29, 0.717) is 0 Å². The van der Waals surface area contributed by atoms with E-state index in [4.69, 9.17) is 4.42 Å². The molecule has 0 N–H and O–H groups in total. The lowest BCUT2D eigenvalue weighted by Gasteiger charge is -2.32. The molecule has 2 aliphatic carbocycles. The molecule has 2 aliphatic rings. The molecule has 11 aromatic rings. The number of hydrogen-bond donors (Lipinski definition) is 0. The number of anilines is 3. The van der Waals surface area contributed by atoms with Crippen LogP contribution >= 0.6 is 0 Å². The van der Waals surface area contributed by atoms with Gasteiger partial charge in [-0.25, -0.2) is 0 Å². The number of para-hydroxylation sites is 3. The Morgan fingerprint density at radius 1 is 0.464 bits per heavy atom. The summed E-state index contributed by atoms with van der Waals surface area (Å²) >= 11 is 0. The molecule has 0 spiro atoms. The second-order valence-corrected chi connectivity index (χ2v) is 18.9. The first-order valence-corrected chi connectivity index (χ1v) is 24.2. The van der Waals surface area contributed by atoms with Crippen molar-refractivity contribution in [3.63, 3.8) is 0 Å². The van der Waals surface area contributed by atoms with Gasteiger partial charge in [0.1, 0.15) is 11.0 Å². The number of rotatable bonds is 8. The van der Waals surface area contributed by atoms with Gasteiger partial charge in [-0.05, 0) is 134 Å². The van der Waals surface area contributed by atoms with Crippen molar-refractivity contribution < 1.29 is 4.42 Å². The molecular formula is C67H49NO. The molecule has 0 saturated carbocycles. The molecule has 0 aliphatic heterocycles. The zero-order valence-electron chi connectivity index (χ0n) is 38.7. The SMILES string of the molecule is CC1CC=c2oc3ccccc3c2=C1c1ccccc1N(c1ccc(-c2ccc3c(c2)C(C)(c2ccccc2)c2ccccc2-3)cc1)c1ccccc1-c1cccc2cccc(-c3ccccc3)c12. The molecule has 0 bridgehead atoms. The molecule has 10 aromatic carbocycles. The van der Waals surface area contributed by atoms with Crippen LogP contribution in [0.15, 0.2) is 241 Å². The summed E-state index contributed by atoms with van der Waals surface area (Å²) in [5.41, 5.74) is 21.2. The minimum Gasteiger partial charge on any atom is -0.456 e. The average Bonchev–Trinajstić information content (AvgIpc) is 3.92. The summed E-state index contributed by atoms with van der Waals surface area (Å²) in [6.07, 6.45) is 3.18. The minimum absolute atomic E-state index is 0.262. The van der Waals surface area contributed by atoms with Crippen molar-refractivity contribution in [2.24, 2.45) is 5.92 Å². The molecular weight excluding hydrogens is 835 g/mol. The summed E-state index contributed by atoms with van der Waals surface area (Å²) in [5.74, 6) is 0.262.